The van der Waals surface area contributed by atoms with Crippen LogP contribution in [-0.2, 0) is 22.7 Å². The lowest BCUT2D eigenvalue weighted by atomic mass is 10.1. The molecule has 0 aliphatic heterocycles. The molecule has 2 atom stereocenters. The normalized spacial score (nSPS) is 13.3. The topological polar surface area (TPSA) is 18.5 Å². The Morgan fingerprint density at radius 1 is 0.643 bits per heavy atom. The second-order valence-electron chi connectivity index (χ2n) is 6.53. The third-order valence-corrected chi connectivity index (χ3v) is 4.40. The van der Waals surface area contributed by atoms with Crippen LogP contribution < -0.4 is 0 Å². The first-order valence-corrected chi connectivity index (χ1v) is 9.52. The number of hydrogen-bond acceptors (Lipinski definition) is 2. The Balaban J connectivity index is 1.70. The minimum Gasteiger partial charge on any atom is -0.366 e. The van der Waals surface area contributed by atoms with Crippen molar-refractivity contribution in [3.8, 4) is 0 Å². The van der Waals surface area contributed by atoms with Gasteiger partial charge >= 0.3 is 0 Å². The molecule has 0 aliphatic carbocycles. The minimum absolute atomic E-state index is 0.235. The van der Waals surface area contributed by atoms with Crippen molar-refractivity contribution in [1.29, 1.82) is 0 Å². The Kier molecular flexibility index (Phi) is 7.80. The monoisotopic (exact) mass is 370 g/mol. The molecule has 0 bridgehead atoms. The largest absolute Gasteiger partial charge is 0.366 e. The number of ether oxygens (including phenoxy) is 2. The SMILES string of the molecule is C=CC(OCc1ccccc1)C(/C=C\c1ccccc1)OCc1ccccc1. The van der Waals surface area contributed by atoms with Gasteiger partial charge < -0.3 is 9.47 Å². The summed E-state index contributed by atoms with van der Waals surface area (Å²) in [5.41, 5.74) is 3.39. The van der Waals surface area contributed by atoms with Gasteiger partial charge in [-0.25, -0.2) is 0 Å². The van der Waals surface area contributed by atoms with Crippen molar-refractivity contribution >= 4 is 6.08 Å². The van der Waals surface area contributed by atoms with Gasteiger partial charge in [0.2, 0.25) is 0 Å². The van der Waals surface area contributed by atoms with Gasteiger partial charge in [-0.05, 0) is 16.7 Å². The van der Waals surface area contributed by atoms with E-state index in [9.17, 15) is 0 Å². The fourth-order valence-electron chi connectivity index (χ4n) is 2.86. The summed E-state index contributed by atoms with van der Waals surface area (Å²) in [7, 11) is 0. The maximum atomic E-state index is 6.21. The van der Waals surface area contributed by atoms with Gasteiger partial charge in [-0.1, -0.05) is 109 Å². The maximum Gasteiger partial charge on any atom is 0.106 e. The van der Waals surface area contributed by atoms with E-state index in [-0.39, 0.29) is 12.2 Å². The molecule has 0 radical (unpaired) electrons. The van der Waals surface area contributed by atoms with E-state index in [0.717, 1.165) is 16.7 Å². The second-order valence-corrected chi connectivity index (χ2v) is 6.53. The first kappa shape index (κ1) is 19.8. The molecular formula is C26H26O2. The number of hydrogen-bond donors (Lipinski definition) is 0. The van der Waals surface area contributed by atoms with Crippen LogP contribution in [0.15, 0.2) is 110 Å². The summed E-state index contributed by atoms with van der Waals surface area (Å²) >= 11 is 0. The van der Waals surface area contributed by atoms with Crippen LogP contribution >= 0.6 is 0 Å². The molecule has 0 spiro atoms. The van der Waals surface area contributed by atoms with Crippen molar-refractivity contribution in [1.82, 2.24) is 0 Å². The summed E-state index contributed by atoms with van der Waals surface area (Å²) in [4.78, 5) is 0. The fourth-order valence-corrected chi connectivity index (χ4v) is 2.86. The van der Waals surface area contributed by atoms with Crippen molar-refractivity contribution in [2.75, 3.05) is 0 Å². The van der Waals surface area contributed by atoms with Crippen molar-refractivity contribution in [2.24, 2.45) is 0 Å². The molecule has 0 heterocycles. The van der Waals surface area contributed by atoms with E-state index in [1.165, 1.54) is 0 Å². The summed E-state index contributed by atoms with van der Waals surface area (Å²) < 4.78 is 12.3. The van der Waals surface area contributed by atoms with Gasteiger partial charge in [0.15, 0.2) is 0 Å². The minimum atomic E-state index is -0.246. The molecule has 0 aliphatic rings. The molecule has 142 valence electrons. The highest BCUT2D eigenvalue weighted by Gasteiger charge is 2.18. The zero-order valence-electron chi connectivity index (χ0n) is 16.0. The van der Waals surface area contributed by atoms with E-state index in [1.807, 2.05) is 60.7 Å². The Morgan fingerprint density at radius 2 is 1.11 bits per heavy atom. The van der Waals surface area contributed by atoms with Gasteiger partial charge in [0.25, 0.3) is 0 Å². The highest BCUT2D eigenvalue weighted by Crippen LogP contribution is 2.15. The molecule has 0 aromatic heterocycles. The van der Waals surface area contributed by atoms with Crippen LogP contribution in [0.3, 0.4) is 0 Å². The molecule has 3 rings (SSSR count). The summed E-state index contributed by atoms with van der Waals surface area (Å²) in [6.07, 6.45) is 5.45. The second kappa shape index (κ2) is 11.0. The van der Waals surface area contributed by atoms with E-state index in [1.54, 1.807) is 0 Å². The molecule has 2 unspecified atom stereocenters. The highest BCUT2D eigenvalue weighted by molar-refractivity contribution is 5.49. The van der Waals surface area contributed by atoms with Gasteiger partial charge in [0, 0.05) is 0 Å². The molecular weight excluding hydrogens is 344 g/mol. The Morgan fingerprint density at radius 3 is 1.61 bits per heavy atom. The summed E-state index contributed by atoms with van der Waals surface area (Å²) in [6.45, 7) is 5.00. The van der Waals surface area contributed by atoms with Crippen molar-refractivity contribution < 1.29 is 9.47 Å². The van der Waals surface area contributed by atoms with Crippen molar-refractivity contribution in [3.63, 3.8) is 0 Å². The molecule has 2 heteroatoms. The number of rotatable bonds is 10. The van der Waals surface area contributed by atoms with Gasteiger partial charge in [0.05, 0.1) is 13.2 Å². The van der Waals surface area contributed by atoms with Crippen LogP contribution in [0.2, 0.25) is 0 Å². The predicted octanol–water partition coefficient (Wildman–Crippen LogP) is 6.06. The zero-order valence-corrected chi connectivity index (χ0v) is 16.0. The van der Waals surface area contributed by atoms with Crippen LogP contribution in [0.25, 0.3) is 6.08 Å². The lowest BCUT2D eigenvalue weighted by Crippen LogP contribution is -2.28. The molecule has 0 saturated heterocycles. The van der Waals surface area contributed by atoms with Crippen LogP contribution in [-0.4, -0.2) is 12.2 Å². The lowest BCUT2D eigenvalue weighted by Gasteiger charge is -2.23. The van der Waals surface area contributed by atoms with Crippen molar-refractivity contribution in [2.45, 2.75) is 25.4 Å². The van der Waals surface area contributed by atoms with E-state index in [0.29, 0.717) is 13.2 Å². The van der Waals surface area contributed by atoms with E-state index < -0.39 is 0 Å². The molecule has 3 aromatic carbocycles. The molecule has 0 saturated carbocycles. The highest BCUT2D eigenvalue weighted by atomic mass is 16.5. The molecule has 2 nitrogen and oxygen atoms in total. The number of benzene rings is 3. The zero-order chi connectivity index (χ0) is 19.4. The first-order valence-electron chi connectivity index (χ1n) is 9.52. The van der Waals surface area contributed by atoms with E-state index in [2.05, 4.69) is 55.1 Å². The van der Waals surface area contributed by atoms with Crippen LogP contribution in [0.1, 0.15) is 16.7 Å². The quantitative estimate of drug-likeness (QED) is 0.404. The maximum absolute atomic E-state index is 6.21. The smallest absolute Gasteiger partial charge is 0.106 e. The predicted molar refractivity (Wildman–Crippen MR) is 116 cm³/mol. The van der Waals surface area contributed by atoms with Gasteiger partial charge in [0.1, 0.15) is 12.2 Å². The Hall–Kier alpha value is -2.94. The van der Waals surface area contributed by atoms with E-state index in [4.69, 9.17) is 9.47 Å². The van der Waals surface area contributed by atoms with Crippen LogP contribution in [0, 0.1) is 0 Å². The molecule has 3 aromatic rings. The third kappa shape index (κ3) is 6.34. The summed E-state index contributed by atoms with van der Waals surface area (Å²) in [5, 5.41) is 0. The lowest BCUT2D eigenvalue weighted by molar-refractivity contribution is -0.0416. The van der Waals surface area contributed by atoms with Gasteiger partial charge in [-0.2, -0.15) is 0 Å². The third-order valence-electron chi connectivity index (χ3n) is 4.40. The Bertz CT molecular complexity index is 841. The molecule has 0 N–H and O–H groups in total. The fraction of sp³-hybridized carbons (Fsp3) is 0.154. The average Bonchev–Trinajstić information content (AvgIpc) is 2.77. The Labute approximate surface area is 167 Å². The van der Waals surface area contributed by atoms with E-state index >= 15 is 0 Å². The first-order chi connectivity index (χ1) is 13.8. The molecule has 0 amide bonds. The van der Waals surface area contributed by atoms with Crippen molar-refractivity contribution in [3.05, 3.63) is 126 Å². The molecule has 28 heavy (non-hydrogen) atoms. The van der Waals surface area contributed by atoms with Gasteiger partial charge in [-0.3, -0.25) is 0 Å². The molecule has 0 fully saturated rings. The van der Waals surface area contributed by atoms with Crippen LogP contribution in [0.5, 0.6) is 0 Å². The standard InChI is InChI=1S/C26H26O2/c1-2-25(27-20-23-14-8-4-9-15-23)26(19-18-22-12-6-3-7-13-22)28-21-24-16-10-5-11-17-24/h2-19,25-26H,1,20-21H2/b19-18-. The van der Waals surface area contributed by atoms with Crippen LogP contribution in [0.4, 0.5) is 0 Å². The van der Waals surface area contributed by atoms with Gasteiger partial charge in [-0.15, -0.1) is 6.58 Å². The summed E-state index contributed by atoms with van der Waals surface area (Å²) in [5.74, 6) is 0. The summed E-state index contributed by atoms with van der Waals surface area (Å²) in [6, 6.07) is 30.5. The average molecular weight is 370 g/mol.